The summed E-state index contributed by atoms with van der Waals surface area (Å²) >= 11 is 0. The topological polar surface area (TPSA) is 59.8 Å². The molecule has 0 aliphatic heterocycles. The van der Waals surface area contributed by atoms with Gasteiger partial charge >= 0.3 is 0 Å². The van der Waals surface area contributed by atoms with Gasteiger partial charge in [0.2, 0.25) is 0 Å². The predicted octanol–water partition coefficient (Wildman–Crippen LogP) is 8.44. The summed E-state index contributed by atoms with van der Waals surface area (Å²) in [6, 6.07) is 17.2. The number of aromatic nitrogens is 3. The van der Waals surface area contributed by atoms with Crippen LogP contribution in [0.1, 0.15) is 39.3 Å². The van der Waals surface area contributed by atoms with Crippen LogP contribution in [0.5, 0.6) is 0 Å². The van der Waals surface area contributed by atoms with E-state index in [9.17, 15) is 0 Å². The molecule has 6 nitrogen and oxygen atoms in total. The summed E-state index contributed by atoms with van der Waals surface area (Å²) in [7, 11) is 1.78. The number of pyridine rings is 1. The van der Waals surface area contributed by atoms with Crippen LogP contribution in [0.2, 0.25) is 0 Å². The van der Waals surface area contributed by atoms with Crippen LogP contribution in [0.4, 0.5) is 0 Å². The van der Waals surface area contributed by atoms with Crippen LogP contribution in [0.15, 0.2) is 94.9 Å². The summed E-state index contributed by atoms with van der Waals surface area (Å²) in [6.07, 6.45) is 14.9. The molecule has 3 heterocycles. The number of benzene rings is 2. The number of fused-ring (bicyclic) bond motifs is 1. The Kier molecular flexibility index (Phi) is 8.07. The van der Waals surface area contributed by atoms with Gasteiger partial charge in [0.1, 0.15) is 0 Å². The van der Waals surface area contributed by atoms with E-state index >= 15 is 0 Å². The average molecular weight is 551 g/mol. The molecule has 3 aromatic heterocycles. The Balaban J connectivity index is 1.58. The Morgan fingerprint density at radius 2 is 1.43 bits per heavy atom. The highest BCUT2D eigenvalue weighted by Crippen LogP contribution is 2.33. The second-order valence-electron chi connectivity index (χ2n) is 10.0. The van der Waals surface area contributed by atoms with Crippen molar-refractivity contribution in [3.63, 3.8) is 0 Å². The second kappa shape index (κ2) is 12.0. The molecule has 5 aromatic rings. The van der Waals surface area contributed by atoms with Crippen molar-refractivity contribution in [3.05, 3.63) is 119 Å². The van der Waals surface area contributed by atoms with Gasteiger partial charge in [-0.2, -0.15) is 0 Å². The number of hydrogen-bond donors (Lipinski definition) is 0. The normalized spacial score (nSPS) is 11.8. The minimum atomic E-state index is 0.991. The predicted molar refractivity (Wildman–Crippen MR) is 181 cm³/mol. The highest BCUT2D eigenvalue weighted by Gasteiger charge is 2.18. The van der Waals surface area contributed by atoms with Crippen molar-refractivity contribution in [1.82, 2.24) is 14.1 Å². The smallest absolute Gasteiger partial charge is 0.0572 e. The van der Waals surface area contributed by atoms with Gasteiger partial charge in [-0.25, -0.2) is 0 Å². The van der Waals surface area contributed by atoms with Crippen molar-refractivity contribution in [1.29, 1.82) is 0 Å². The molecule has 0 spiro atoms. The molecule has 208 valence electrons. The quantitative estimate of drug-likeness (QED) is 0.170. The minimum absolute atomic E-state index is 0.991. The fourth-order valence-corrected chi connectivity index (χ4v) is 5.60. The molecule has 0 aliphatic carbocycles. The van der Waals surface area contributed by atoms with Crippen molar-refractivity contribution in [3.8, 4) is 22.5 Å². The van der Waals surface area contributed by atoms with Crippen molar-refractivity contribution in [2.24, 2.45) is 15.0 Å². The van der Waals surface area contributed by atoms with Gasteiger partial charge in [0, 0.05) is 60.4 Å². The maximum Gasteiger partial charge on any atom is 0.0572 e. The van der Waals surface area contributed by atoms with Gasteiger partial charge in [-0.05, 0) is 111 Å². The van der Waals surface area contributed by atoms with Gasteiger partial charge < -0.3 is 9.13 Å². The van der Waals surface area contributed by atoms with Crippen LogP contribution in [0.25, 0.3) is 51.6 Å². The fourth-order valence-electron chi connectivity index (χ4n) is 5.60. The number of hydrogen-bond acceptors (Lipinski definition) is 4. The third-order valence-corrected chi connectivity index (χ3v) is 7.69. The Bertz CT molecular complexity index is 1870. The summed E-state index contributed by atoms with van der Waals surface area (Å²) in [6.45, 7) is 17.7. The SMILES string of the molecule is C=Cc1c(C=NC)c2cnccc2n1-c1ccc(-c2ccc(-n3c(/C=C\N=C)c(C)c(C)c3/C=C\N=C)cc2)c(C)c1. The third-order valence-electron chi connectivity index (χ3n) is 7.69. The molecule has 0 aliphatic rings. The first-order chi connectivity index (χ1) is 20.4. The second-order valence-corrected chi connectivity index (χ2v) is 10.0. The first kappa shape index (κ1) is 28.2. The van der Waals surface area contributed by atoms with Gasteiger partial charge in [-0.1, -0.05) is 24.8 Å². The van der Waals surface area contributed by atoms with E-state index in [0.29, 0.717) is 0 Å². The highest BCUT2D eigenvalue weighted by atomic mass is 15.0. The van der Waals surface area contributed by atoms with Gasteiger partial charge in [0.05, 0.1) is 22.6 Å². The Hall–Kier alpha value is -5.36. The lowest BCUT2D eigenvalue weighted by atomic mass is 9.99. The Labute approximate surface area is 247 Å². The molecule has 0 unspecified atom stereocenters. The fraction of sp³-hybridized carbons (Fsp3) is 0.111. The van der Waals surface area contributed by atoms with E-state index < -0.39 is 0 Å². The summed E-state index contributed by atoms with van der Waals surface area (Å²) in [5.41, 5.74) is 13.1. The Morgan fingerprint density at radius 3 is 2.00 bits per heavy atom. The zero-order valence-electron chi connectivity index (χ0n) is 24.5. The van der Waals surface area contributed by atoms with E-state index in [4.69, 9.17) is 0 Å². The van der Waals surface area contributed by atoms with Gasteiger partial charge in [-0.15, -0.1) is 0 Å². The molecule has 5 rings (SSSR count). The van der Waals surface area contributed by atoms with Gasteiger partial charge in [0.25, 0.3) is 0 Å². The summed E-state index contributed by atoms with van der Waals surface area (Å²) in [4.78, 5) is 16.5. The van der Waals surface area contributed by atoms with Gasteiger partial charge in [0.15, 0.2) is 0 Å². The van der Waals surface area contributed by atoms with E-state index in [0.717, 1.165) is 50.5 Å². The molecule has 0 saturated heterocycles. The maximum atomic E-state index is 4.35. The first-order valence-electron chi connectivity index (χ1n) is 13.7. The molecule has 0 N–H and O–H groups in total. The van der Waals surface area contributed by atoms with Crippen molar-refractivity contribution >= 4 is 48.8 Å². The molecule has 2 aromatic carbocycles. The summed E-state index contributed by atoms with van der Waals surface area (Å²) in [5.74, 6) is 0. The largest absolute Gasteiger partial charge is 0.310 e. The molecule has 0 saturated carbocycles. The number of aryl methyl sites for hydroxylation is 1. The molecule has 0 atom stereocenters. The average Bonchev–Trinajstić information content (AvgIpc) is 3.45. The van der Waals surface area contributed by atoms with E-state index in [-0.39, 0.29) is 0 Å². The van der Waals surface area contributed by atoms with Crippen LogP contribution >= 0.6 is 0 Å². The van der Waals surface area contributed by atoms with Crippen molar-refractivity contribution in [2.75, 3.05) is 7.05 Å². The van der Waals surface area contributed by atoms with E-state index in [1.54, 1.807) is 19.4 Å². The molecule has 0 bridgehead atoms. The van der Waals surface area contributed by atoms with Crippen molar-refractivity contribution in [2.45, 2.75) is 20.8 Å². The van der Waals surface area contributed by atoms with Crippen molar-refractivity contribution < 1.29 is 0 Å². The molecule has 6 heteroatoms. The van der Waals surface area contributed by atoms with Gasteiger partial charge in [-0.3, -0.25) is 20.0 Å². The van der Waals surface area contributed by atoms with Crippen LogP contribution < -0.4 is 0 Å². The van der Waals surface area contributed by atoms with E-state index in [1.165, 1.54) is 22.3 Å². The van der Waals surface area contributed by atoms with Crippen LogP contribution in [-0.2, 0) is 0 Å². The lowest BCUT2D eigenvalue weighted by Gasteiger charge is -2.15. The molecular formula is C36H34N6. The summed E-state index contributed by atoms with van der Waals surface area (Å²) in [5, 5.41) is 1.04. The summed E-state index contributed by atoms with van der Waals surface area (Å²) < 4.78 is 4.44. The number of nitrogens with zero attached hydrogens (tertiary/aromatic N) is 6. The lowest BCUT2D eigenvalue weighted by molar-refractivity contribution is 1.04. The zero-order valence-corrected chi connectivity index (χ0v) is 24.5. The highest BCUT2D eigenvalue weighted by molar-refractivity contribution is 6.03. The maximum absolute atomic E-state index is 4.35. The number of aliphatic imine (C=N–C) groups is 3. The molecule has 0 radical (unpaired) electrons. The molecule has 0 amide bonds. The molecule has 0 fully saturated rings. The zero-order chi connectivity index (χ0) is 29.8. The molecule has 42 heavy (non-hydrogen) atoms. The van der Waals surface area contributed by atoms with Crippen LogP contribution in [0.3, 0.4) is 0 Å². The van der Waals surface area contributed by atoms with E-state index in [2.05, 4.69) is 112 Å². The monoisotopic (exact) mass is 550 g/mol. The molecular weight excluding hydrogens is 516 g/mol. The third kappa shape index (κ3) is 4.88. The first-order valence-corrected chi connectivity index (χ1v) is 13.7. The number of rotatable bonds is 9. The lowest BCUT2D eigenvalue weighted by Crippen LogP contribution is -2.00. The van der Waals surface area contributed by atoms with E-state index in [1.807, 2.05) is 42.9 Å². The minimum Gasteiger partial charge on any atom is -0.310 e. The Morgan fingerprint density at radius 1 is 0.786 bits per heavy atom. The van der Waals surface area contributed by atoms with Crippen LogP contribution in [-0.4, -0.2) is 40.8 Å². The van der Waals surface area contributed by atoms with Crippen LogP contribution in [0, 0.1) is 20.8 Å². The standard InChI is InChI=1S/C36H34N6/c1-8-33-31(22-39-7)32-23-40-20-17-36(32)42(33)29-13-14-30(24(2)21-29)27-9-11-28(12-10-27)41-34(15-18-37-5)25(3)26(4)35(41)16-19-38-6/h8-23H,1,5-6H2,2-4,7H3/b18-15-,19-16-,39-22?.